The van der Waals surface area contributed by atoms with Gasteiger partial charge in [-0.25, -0.2) is 4.79 Å². The molecular weight excluding hydrogens is 751 g/mol. The van der Waals surface area contributed by atoms with E-state index in [4.69, 9.17) is 23.9 Å². The van der Waals surface area contributed by atoms with Crippen molar-refractivity contribution in [2.45, 2.75) is 50.7 Å². The normalized spacial score (nSPS) is 17.6. The molecule has 13 heteroatoms. The van der Waals surface area contributed by atoms with Gasteiger partial charge in [-0.05, 0) is 78.4 Å². The minimum Gasteiger partial charge on any atom is -0.493 e. The molecule has 0 unspecified atom stereocenters. The highest BCUT2D eigenvalue weighted by molar-refractivity contribution is 6.06. The van der Waals surface area contributed by atoms with Crippen LogP contribution in [-0.2, 0) is 6.54 Å². The molecule has 59 heavy (non-hydrogen) atoms. The molecule has 0 radical (unpaired) electrons. The maximum Gasteiger partial charge on any atom is 0.335 e. The Labute approximate surface area is 342 Å². The smallest absolute Gasteiger partial charge is 0.335 e. The number of nitrogens with zero attached hydrogens (tertiary/aromatic N) is 4. The van der Waals surface area contributed by atoms with Gasteiger partial charge in [-0.2, -0.15) is 0 Å². The van der Waals surface area contributed by atoms with E-state index in [0.29, 0.717) is 71.6 Å². The van der Waals surface area contributed by atoms with Gasteiger partial charge in [0, 0.05) is 56.3 Å². The van der Waals surface area contributed by atoms with Gasteiger partial charge in [0.2, 0.25) is 0 Å². The van der Waals surface area contributed by atoms with Gasteiger partial charge in [0.15, 0.2) is 23.0 Å². The van der Waals surface area contributed by atoms with E-state index < -0.39 is 5.97 Å². The predicted molar refractivity (Wildman–Crippen MR) is 225 cm³/mol. The first kappa shape index (κ1) is 39.1. The second-order valence-corrected chi connectivity index (χ2v) is 14.7. The van der Waals surface area contributed by atoms with Crippen LogP contribution in [0.1, 0.15) is 79.9 Å². The number of carboxylic acids is 1. The largest absolute Gasteiger partial charge is 0.493 e. The molecule has 0 spiro atoms. The molecule has 8 rings (SSSR count). The monoisotopic (exact) mass is 795 g/mol. The summed E-state index contributed by atoms with van der Waals surface area (Å²) in [6.45, 7) is 1.65. The molecule has 0 bridgehead atoms. The third-order valence-electron chi connectivity index (χ3n) is 10.9. The second-order valence-electron chi connectivity index (χ2n) is 14.7. The number of unbranched alkanes of at least 4 members (excludes halogenated alkanes) is 2. The molecule has 0 saturated carbocycles. The molecule has 302 valence electrons. The summed E-state index contributed by atoms with van der Waals surface area (Å²) < 4.78 is 23.6. The number of ether oxygens (including phenoxy) is 4. The minimum atomic E-state index is -0.987. The summed E-state index contributed by atoms with van der Waals surface area (Å²) in [5, 5.41) is 12.4. The van der Waals surface area contributed by atoms with Crippen molar-refractivity contribution in [3.05, 3.63) is 119 Å². The van der Waals surface area contributed by atoms with Crippen molar-refractivity contribution in [3.8, 4) is 23.0 Å². The summed E-state index contributed by atoms with van der Waals surface area (Å²) in [6.07, 6.45) is 10.9. The van der Waals surface area contributed by atoms with Crippen molar-refractivity contribution in [1.82, 2.24) is 15.1 Å². The van der Waals surface area contributed by atoms with E-state index in [9.17, 15) is 19.5 Å². The first-order valence-corrected chi connectivity index (χ1v) is 19.7. The van der Waals surface area contributed by atoms with Gasteiger partial charge in [0.25, 0.3) is 11.8 Å². The van der Waals surface area contributed by atoms with E-state index >= 15 is 0 Å². The molecule has 4 aromatic carbocycles. The predicted octanol–water partition coefficient (Wildman–Crippen LogP) is 7.69. The summed E-state index contributed by atoms with van der Waals surface area (Å²) in [5.41, 5.74) is 7.28. The lowest BCUT2D eigenvalue weighted by molar-refractivity contribution is 0.0695. The number of fused-ring (bicyclic) bond motifs is 4. The van der Waals surface area contributed by atoms with E-state index in [1.54, 1.807) is 71.7 Å². The third kappa shape index (κ3) is 8.06. The summed E-state index contributed by atoms with van der Waals surface area (Å²) in [4.78, 5) is 51.6. The van der Waals surface area contributed by atoms with Crippen molar-refractivity contribution >= 4 is 52.7 Å². The summed E-state index contributed by atoms with van der Waals surface area (Å²) >= 11 is 0. The second kappa shape index (κ2) is 17.0. The van der Waals surface area contributed by atoms with Crippen LogP contribution in [0.25, 0.3) is 11.1 Å². The molecule has 4 aliphatic rings. The van der Waals surface area contributed by atoms with E-state index in [1.165, 1.54) is 12.7 Å². The van der Waals surface area contributed by atoms with Crippen LogP contribution in [0.4, 0.5) is 11.4 Å². The Hall–Kier alpha value is -6.73. The van der Waals surface area contributed by atoms with Gasteiger partial charge in [0.05, 0.1) is 67.6 Å². The zero-order valence-electron chi connectivity index (χ0n) is 33.1. The number of carbonyl (C=O) groups excluding carboxylic acids is 2. The Bertz CT molecular complexity index is 2400. The molecule has 2 atom stereocenters. The van der Waals surface area contributed by atoms with Crippen LogP contribution in [0, 0.1) is 0 Å². The number of benzene rings is 4. The molecule has 2 N–H and O–H groups in total. The van der Waals surface area contributed by atoms with Crippen LogP contribution in [0.3, 0.4) is 0 Å². The number of hydrogen-bond donors (Lipinski definition) is 2. The summed E-state index contributed by atoms with van der Waals surface area (Å²) in [7, 11) is 5.02. The van der Waals surface area contributed by atoms with Crippen molar-refractivity contribution in [1.29, 1.82) is 0 Å². The fourth-order valence-corrected chi connectivity index (χ4v) is 7.76. The number of rotatable bonds is 15. The van der Waals surface area contributed by atoms with Gasteiger partial charge in [-0.15, -0.1) is 0 Å². The van der Waals surface area contributed by atoms with Gasteiger partial charge < -0.3 is 39.2 Å². The number of aromatic carboxylic acids is 1. The van der Waals surface area contributed by atoms with E-state index in [2.05, 4.69) is 34.6 Å². The quantitative estimate of drug-likeness (QED) is 0.115. The van der Waals surface area contributed by atoms with Crippen molar-refractivity contribution < 1.29 is 38.4 Å². The van der Waals surface area contributed by atoms with Gasteiger partial charge >= 0.3 is 5.97 Å². The highest BCUT2D eigenvalue weighted by Gasteiger charge is 2.35. The number of nitrogens with one attached hydrogen (secondary N) is 1. The maximum absolute atomic E-state index is 13.8. The molecule has 13 nitrogen and oxygen atoms in total. The number of hydrogen-bond acceptors (Lipinski definition) is 10. The van der Waals surface area contributed by atoms with Gasteiger partial charge in [-0.3, -0.25) is 19.6 Å². The van der Waals surface area contributed by atoms with Gasteiger partial charge in [0.1, 0.15) is 0 Å². The summed E-state index contributed by atoms with van der Waals surface area (Å²) in [6, 6.07) is 21.5. The van der Waals surface area contributed by atoms with E-state index in [1.807, 2.05) is 25.7 Å². The molecule has 0 saturated heterocycles. The van der Waals surface area contributed by atoms with Crippen molar-refractivity contribution in [3.63, 3.8) is 0 Å². The Balaban J connectivity index is 0.843. The molecule has 4 heterocycles. The van der Waals surface area contributed by atoms with Crippen molar-refractivity contribution in [2.24, 2.45) is 9.98 Å². The Morgan fingerprint density at radius 3 is 1.61 bits per heavy atom. The Kier molecular flexibility index (Phi) is 11.3. The molecular formula is C46H45N5O8. The first-order chi connectivity index (χ1) is 28.7. The lowest BCUT2D eigenvalue weighted by atomic mass is 10.0. The maximum atomic E-state index is 13.8. The standard InChI is InChI=1S/C46H45N5O8/c1-47-23-28-7-9-29(10-8-28)32-17-34-24-48-38-21-42(40(56-2)19-36(38)44(52)50(34)26-32)58-15-5-4-6-16-59-43-22-39-37(20-41(43)57-3)45(53)51-27-33(18-35(51)25-49-39)30-11-13-31(14-12-30)46(54)55/h7-14,19-22,24-27,34-35,47H,4-6,15-18,23H2,1-3H3,(H,54,55)/t34-,35-/m0/s1. The molecule has 0 aromatic heterocycles. The first-order valence-electron chi connectivity index (χ1n) is 19.7. The zero-order valence-corrected chi connectivity index (χ0v) is 33.1. The summed E-state index contributed by atoms with van der Waals surface area (Å²) in [5.74, 6) is 0.609. The van der Waals surface area contributed by atoms with Crippen LogP contribution < -0.4 is 24.3 Å². The average Bonchev–Trinajstić information content (AvgIpc) is 3.83. The Morgan fingerprint density at radius 2 is 1.17 bits per heavy atom. The Morgan fingerprint density at radius 1 is 0.695 bits per heavy atom. The third-order valence-corrected chi connectivity index (χ3v) is 10.9. The fraction of sp³-hybridized carbons (Fsp3) is 0.283. The SMILES string of the molecule is CNCc1ccc(C2=CN3C(=O)c4cc(OC)c(OCCCCCOc5cc6c(cc5OC)C(=O)N5C=C(c7ccc(C(=O)O)cc7)C[C@H]5C=N6)cc4N=C[C@@H]3C2)cc1. The van der Waals surface area contributed by atoms with Crippen LogP contribution >= 0.6 is 0 Å². The molecule has 0 aliphatic carbocycles. The van der Waals surface area contributed by atoms with Crippen LogP contribution in [-0.4, -0.2) is 91.7 Å². The number of carbonyl (C=O) groups is 3. The van der Waals surface area contributed by atoms with E-state index in [0.717, 1.165) is 48.1 Å². The number of amides is 2. The average molecular weight is 796 g/mol. The molecule has 0 fully saturated rings. The topological polar surface area (TPSA) is 152 Å². The highest BCUT2D eigenvalue weighted by atomic mass is 16.5. The number of aliphatic imine (C=N–C) groups is 2. The van der Waals surface area contributed by atoms with Crippen LogP contribution in [0.15, 0.2) is 95.2 Å². The van der Waals surface area contributed by atoms with Crippen molar-refractivity contribution in [2.75, 3.05) is 34.5 Å². The lowest BCUT2D eigenvalue weighted by Gasteiger charge is -2.19. The number of methoxy groups -OCH3 is 2. The van der Waals surface area contributed by atoms with Crippen LogP contribution in [0.5, 0.6) is 23.0 Å². The lowest BCUT2D eigenvalue weighted by Crippen LogP contribution is -2.32. The zero-order chi connectivity index (χ0) is 41.0. The minimum absolute atomic E-state index is 0.131. The molecule has 4 aromatic rings. The van der Waals surface area contributed by atoms with Gasteiger partial charge in [-0.1, -0.05) is 36.4 Å². The fourth-order valence-electron chi connectivity index (χ4n) is 7.76. The van der Waals surface area contributed by atoms with E-state index in [-0.39, 0.29) is 29.5 Å². The molecule has 2 amide bonds. The number of carboxylic acid groups (broad SMARTS) is 1. The van der Waals surface area contributed by atoms with Crippen LogP contribution in [0.2, 0.25) is 0 Å². The highest BCUT2D eigenvalue weighted by Crippen LogP contribution is 2.42. The molecule has 4 aliphatic heterocycles.